The van der Waals surface area contributed by atoms with E-state index < -0.39 is 64.4 Å². The molecule has 2 fully saturated rings. The predicted molar refractivity (Wildman–Crippen MR) is 200 cm³/mol. The van der Waals surface area contributed by atoms with Gasteiger partial charge in [0.05, 0.1) is 0 Å². The summed E-state index contributed by atoms with van der Waals surface area (Å²) in [4.78, 5) is 107. The fraction of sp³-hybridized carbons (Fsp3) is 0.250. The number of carboxylic acid groups (broad SMARTS) is 1. The van der Waals surface area contributed by atoms with Crippen LogP contribution in [-0.2, 0) is 28.8 Å². The molecule has 0 radical (unpaired) electrons. The standard InChI is InChI=1S/C36H34N8O11S2/c1-2-41-14-15-43(31(51)30(41)50)35(55)38-26(20-6-4-3-5-7-20)29(49)39-36(37-19-45)33(54)44-27(32(52)53)22(18-57-34(36)44)17-56-23-10-12-42(13-11-23)40-28(48)21-8-9-24(46)25(47)16-21/h3-13,16,19,26,34H,2,14-15,17-18H2,1H3,(H6-,37,38,39,40,45,46,47,48,49,50,51,52,53,55)/p+1/t26?,34-,36-/m1/s1. The van der Waals surface area contributed by atoms with Gasteiger partial charge in [-0.15, -0.1) is 28.9 Å². The molecule has 57 heavy (non-hydrogen) atoms. The molecule has 3 atom stereocenters. The Morgan fingerprint density at radius 3 is 2.37 bits per heavy atom. The monoisotopic (exact) mass is 819 g/mol. The van der Waals surface area contributed by atoms with Crippen molar-refractivity contribution in [2.24, 2.45) is 0 Å². The van der Waals surface area contributed by atoms with Gasteiger partial charge in [-0.05, 0) is 36.3 Å². The van der Waals surface area contributed by atoms with E-state index in [1.807, 2.05) is 0 Å². The van der Waals surface area contributed by atoms with Crippen LogP contribution in [0.5, 0.6) is 11.5 Å². The van der Waals surface area contributed by atoms with Crippen LogP contribution in [0.25, 0.3) is 0 Å². The Bertz CT molecular complexity index is 2190. The van der Waals surface area contributed by atoms with Crippen molar-refractivity contribution in [1.82, 2.24) is 30.7 Å². The summed E-state index contributed by atoms with van der Waals surface area (Å²) in [6, 6.07) is 12.2. The number of β-lactam (4-membered cyclic amide) rings is 1. The van der Waals surface area contributed by atoms with Crippen molar-refractivity contribution in [3.63, 3.8) is 0 Å². The fourth-order valence-electron chi connectivity index (χ4n) is 6.29. The Kier molecular flexibility index (Phi) is 11.7. The highest BCUT2D eigenvalue weighted by Crippen LogP contribution is 2.46. The van der Waals surface area contributed by atoms with Gasteiger partial charge in [0.2, 0.25) is 30.4 Å². The van der Waals surface area contributed by atoms with Gasteiger partial charge >= 0.3 is 29.7 Å². The number of fused-ring (bicyclic) bond motifs is 1. The van der Waals surface area contributed by atoms with Gasteiger partial charge in [0, 0.05) is 53.7 Å². The van der Waals surface area contributed by atoms with Gasteiger partial charge in [0.1, 0.15) is 17.1 Å². The number of aromatic nitrogens is 1. The summed E-state index contributed by atoms with van der Waals surface area (Å²) in [5.41, 5.74) is 0.867. The molecule has 0 bridgehead atoms. The van der Waals surface area contributed by atoms with E-state index in [2.05, 4.69) is 21.4 Å². The Hall–Kier alpha value is -6.61. The van der Waals surface area contributed by atoms with E-state index in [1.165, 1.54) is 58.0 Å². The average molecular weight is 820 g/mol. The van der Waals surface area contributed by atoms with E-state index in [4.69, 9.17) is 0 Å². The Morgan fingerprint density at radius 1 is 1.00 bits per heavy atom. The number of carbonyl (C=O) groups excluding carboxylic acids is 7. The number of benzene rings is 2. The van der Waals surface area contributed by atoms with Crippen LogP contribution in [0.15, 0.2) is 89.2 Å². The smallest absolute Gasteiger partial charge is 0.352 e. The van der Waals surface area contributed by atoms with Crippen molar-refractivity contribution in [3.05, 3.63) is 95.5 Å². The zero-order valence-corrected chi connectivity index (χ0v) is 31.5. The summed E-state index contributed by atoms with van der Waals surface area (Å²) < 4.78 is 1.35. The average Bonchev–Trinajstić information content (AvgIpc) is 3.20. The Morgan fingerprint density at radius 2 is 1.72 bits per heavy atom. The van der Waals surface area contributed by atoms with Gasteiger partial charge in [0.15, 0.2) is 11.5 Å². The fourth-order valence-corrected chi connectivity index (χ4v) is 8.74. The van der Waals surface area contributed by atoms with E-state index in [1.54, 1.807) is 37.3 Å². The maximum atomic E-state index is 14.0. The predicted octanol–water partition coefficient (Wildman–Crippen LogP) is -0.185. The third kappa shape index (κ3) is 7.91. The van der Waals surface area contributed by atoms with Crippen LogP contribution in [0, 0.1) is 0 Å². The molecule has 3 aliphatic rings. The molecule has 0 saturated carbocycles. The molecular formula is C36H35N8O11S2+. The minimum absolute atomic E-state index is 0.0856. The number of phenolic OH excluding ortho intramolecular Hbond substituents is 2. The molecule has 19 nitrogen and oxygen atoms in total. The first-order chi connectivity index (χ1) is 27.3. The molecular weight excluding hydrogens is 785 g/mol. The first-order valence-corrected chi connectivity index (χ1v) is 19.2. The molecule has 2 saturated heterocycles. The molecule has 21 heteroatoms. The lowest BCUT2D eigenvalue weighted by molar-refractivity contribution is -0.641. The highest BCUT2D eigenvalue weighted by Gasteiger charge is 2.66. The summed E-state index contributed by atoms with van der Waals surface area (Å²) in [6.45, 7) is 1.91. The number of pyridine rings is 1. The topological polar surface area (TPSA) is 259 Å². The molecule has 0 aliphatic carbocycles. The molecule has 296 valence electrons. The lowest BCUT2D eigenvalue weighted by Crippen LogP contribution is -2.85. The first kappa shape index (κ1) is 40.1. The summed E-state index contributed by atoms with van der Waals surface area (Å²) >= 11 is 2.35. The quantitative estimate of drug-likeness (QED) is 0.0225. The van der Waals surface area contributed by atoms with Crippen molar-refractivity contribution >= 4 is 71.5 Å². The van der Waals surface area contributed by atoms with Crippen LogP contribution < -0.4 is 26.1 Å². The SMILES string of the molecule is CCN1CCN(C(=O)NC(C(=O)N[C@]2(NC=O)C(=O)N3C(C(=O)O)=C(CSc4cc[n+](NC(=O)c5ccc(O)c(O)c5)cc4)CS[C@@H]32)c2ccccc2)C(=O)C1=O. The third-order valence-electron chi connectivity index (χ3n) is 9.24. The number of aliphatic carboxylic acids is 1. The first-order valence-electron chi connectivity index (χ1n) is 17.2. The van der Waals surface area contributed by atoms with Crippen LogP contribution in [0.1, 0.15) is 28.9 Å². The normalized spacial score (nSPS) is 19.6. The molecule has 0 spiro atoms. The lowest BCUT2D eigenvalue weighted by atomic mass is 9.94. The van der Waals surface area contributed by atoms with Crippen LogP contribution >= 0.6 is 23.5 Å². The number of hydrogen-bond acceptors (Lipinski definition) is 12. The zero-order valence-electron chi connectivity index (χ0n) is 29.9. The summed E-state index contributed by atoms with van der Waals surface area (Å²) in [5.74, 6) is -6.46. The van der Waals surface area contributed by atoms with E-state index in [-0.39, 0.29) is 60.1 Å². The van der Waals surface area contributed by atoms with Gasteiger partial charge in [-0.3, -0.25) is 38.6 Å². The largest absolute Gasteiger partial charge is 0.504 e. The highest BCUT2D eigenvalue weighted by atomic mass is 32.2. The second kappa shape index (κ2) is 16.6. The number of thioether (sulfide) groups is 2. The number of hydrogen-bond donors (Lipinski definition) is 7. The number of aromatic hydroxyl groups is 2. The number of phenols is 2. The van der Waals surface area contributed by atoms with E-state index in [9.17, 15) is 53.7 Å². The van der Waals surface area contributed by atoms with Crippen molar-refractivity contribution in [1.29, 1.82) is 0 Å². The molecule has 6 rings (SSSR count). The summed E-state index contributed by atoms with van der Waals surface area (Å²) in [7, 11) is 0. The number of urea groups is 1. The van der Waals surface area contributed by atoms with Crippen LogP contribution in [0.2, 0.25) is 0 Å². The second-order valence-electron chi connectivity index (χ2n) is 12.7. The number of likely N-dealkylation sites (N-methyl/N-ethyl adjacent to an activating group) is 1. The van der Waals surface area contributed by atoms with E-state index in [0.717, 1.165) is 22.7 Å². The molecule has 2 aromatic carbocycles. The zero-order chi connectivity index (χ0) is 41.0. The molecule has 7 N–H and O–H groups in total. The lowest BCUT2D eigenvalue weighted by Gasteiger charge is -2.56. The number of carboxylic acids is 1. The highest BCUT2D eigenvalue weighted by molar-refractivity contribution is 8.01. The number of imide groups is 1. The van der Waals surface area contributed by atoms with Gasteiger partial charge < -0.3 is 36.2 Å². The van der Waals surface area contributed by atoms with E-state index in [0.29, 0.717) is 15.4 Å². The van der Waals surface area contributed by atoms with Crippen LogP contribution in [0.4, 0.5) is 4.79 Å². The van der Waals surface area contributed by atoms with Gasteiger partial charge in [-0.25, -0.2) is 9.59 Å². The number of amides is 8. The number of nitrogens with zero attached hydrogens (tertiary/aromatic N) is 4. The minimum Gasteiger partial charge on any atom is -0.504 e. The Balaban J connectivity index is 1.16. The molecule has 8 amide bonds. The third-order valence-corrected chi connectivity index (χ3v) is 11.7. The van der Waals surface area contributed by atoms with Crippen molar-refractivity contribution in [3.8, 4) is 11.5 Å². The second-order valence-corrected chi connectivity index (χ2v) is 14.8. The van der Waals surface area contributed by atoms with Gasteiger partial charge in [-0.1, -0.05) is 35.0 Å². The molecule has 3 aromatic rings. The van der Waals surface area contributed by atoms with E-state index >= 15 is 0 Å². The van der Waals surface area contributed by atoms with Crippen molar-refractivity contribution in [2.45, 2.75) is 28.9 Å². The van der Waals surface area contributed by atoms with Gasteiger partial charge in [-0.2, -0.15) is 0 Å². The number of piperazine rings is 1. The maximum absolute atomic E-state index is 14.0. The molecule has 4 heterocycles. The number of nitrogens with one attached hydrogen (secondary N) is 4. The Labute approximate surface area is 332 Å². The minimum atomic E-state index is -2.12. The number of carbonyl (C=O) groups is 8. The molecule has 3 aliphatic heterocycles. The van der Waals surface area contributed by atoms with Crippen molar-refractivity contribution < 1.29 is 58.4 Å². The summed E-state index contributed by atoms with van der Waals surface area (Å²) in [6.07, 6.45) is 3.27. The summed E-state index contributed by atoms with van der Waals surface area (Å²) in [5, 5.41) is 35.7. The van der Waals surface area contributed by atoms with Gasteiger partial charge in [0.25, 0.3) is 5.91 Å². The van der Waals surface area contributed by atoms with Crippen LogP contribution in [0.3, 0.4) is 0 Å². The van der Waals surface area contributed by atoms with Crippen LogP contribution in [-0.4, -0.2) is 120 Å². The molecule has 1 aromatic heterocycles. The number of rotatable bonds is 13. The van der Waals surface area contributed by atoms with Crippen molar-refractivity contribution in [2.75, 3.05) is 36.6 Å². The molecule has 1 unspecified atom stereocenters. The maximum Gasteiger partial charge on any atom is 0.352 e.